The minimum atomic E-state index is -0.0348. The molecule has 4 rings (SSSR count). The van der Waals surface area contributed by atoms with Crippen LogP contribution in [0.2, 0.25) is 10.0 Å². The first-order chi connectivity index (χ1) is 14.6. The zero-order chi connectivity index (χ0) is 20.9. The van der Waals surface area contributed by atoms with E-state index in [4.69, 9.17) is 32.5 Å². The van der Waals surface area contributed by atoms with E-state index in [0.717, 1.165) is 18.7 Å². The second kappa shape index (κ2) is 9.47. The van der Waals surface area contributed by atoms with Crippen LogP contribution in [0.25, 0.3) is 11.4 Å². The van der Waals surface area contributed by atoms with E-state index in [1.165, 1.54) is 0 Å². The predicted octanol–water partition coefficient (Wildman–Crippen LogP) is 3.77. The Hall–Kier alpha value is -2.61. The highest BCUT2D eigenvalue weighted by atomic mass is 35.5. The number of piperazine rings is 1. The smallest absolute Gasteiger partial charge is 0.260 e. The van der Waals surface area contributed by atoms with E-state index in [9.17, 15) is 4.79 Å². The van der Waals surface area contributed by atoms with Crippen molar-refractivity contribution < 1.29 is 14.1 Å². The summed E-state index contributed by atoms with van der Waals surface area (Å²) in [5.41, 5.74) is 0.852. The van der Waals surface area contributed by atoms with Crippen molar-refractivity contribution in [3.63, 3.8) is 0 Å². The summed E-state index contributed by atoms with van der Waals surface area (Å²) >= 11 is 11.8. The van der Waals surface area contributed by atoms with E-state index < -0.39 is 0 Å². The number of benzene rings is 2. The summed E-state index contributed by atoms with van der Waals surface area (Å²) in [7, 11) is 0. The molecule has 1 aliphatic heterocycles. The molecule has 9 heteroatoms. The Morgan fingerprint density at radius 1 is 0.967 bits per heavy atom. The van der Waals surface area contributed by atoms with Gasteiger partial charge in [-0.25, -0.2) is 0 Å². The van der Waals surface area contributed by atoms with Crippen molar-refractivity contribution in [1.29, 1.82) is 0 Å². The van der Waals surface area contributed by atoms with Gasteiger partial charge in [-0.3, -0.25) is 9.69 Å². The number of hydrogen-bond donors (Lipinski definition) is 0. The second-order valence-corrected chi connectivity index (χ2v) is 7.79. The molecule has 1 aliphatic rings. The molecule has 0 aliphatic carbocycles. The molecule has 2 aromatic carbocycles. The summed E-state index contributed by atoms with van der Waals surface area (Å²) in [6.45, 7) is 3.26. The van der Waals surface area contributed by atoms with Crippen LogP contribution in [0.4, 0.5) is 0 Å². The lowest BCUT2D eigenvalue weighted by Crippen LogP contribution is -2.49. The second-order valence-electron chi connectivity index (χ2n) is 6.92. The molecule has 0 unspecified atom stereocenters. The summed E-state index contributed by atoms with van der Waals surface area (Å²) in [6, 6.07) is 14.2. The van der Waals surface area contributed by atoms with Crippen LogP contribution in [-0.2, 0) is 11.3 Å². The van der Waals surface area contributed by atoms with Crippen LogP contribution in [0.5, 0.6) is 5.75 Å². The van der Waals surface area contributed by atoms with Crippen molar-refractivity contribution in [2.24, 2.45) is 0 Å². The zero-order valence-electron chi connectivity index (χ0n) is 16.1. The average Bonchev–Trinajstić information content (AvgIpc) is 3.22. The van der Waals surface area contributed by atoms with Crippen molar-refractivity contribution in [3.8, 4) is 17.1 Å². The summed E-state index contributed by atoms with van der Waals surface area (Å²) in [4.78, 5) is 20.8. The molecule has 1 amide bonds. The topological polar surface area (TPSA) is 71.7 Å². The van der Waals surface area contributed by atoms with Crippen molar-refractivity contribution >= 4 is 29.1 Å². The molecule has 2 heterocycles. The van der Waals surface area contributed by atoms with Crippen LogP contribution in [0.1, 0.15) is 5.89 Å². The standard InChI is InChI=1S/C21H20Cl2N4O3/c22-16-3-1-15(2-4-16)21-24-19(30-25-21)13-26-9-11-27(12-10-26)20(28)14-29-18-7-5-17(23)6-8-18/h1-8H,9-14H2. The number of nitrogens with zero attached hydrogens (tertiary/aromatic N) is 4. The summed E-state index contributed by atoms with van der Waals surface area (Å²) < 4.78 is 10.9. The van der Waals surface area contributed by atoms with Crippen LogP contribution < -0.4 is 4.74 Å². The Morgan fingerprint density at radius 2 is 1.60 bits per heavy atom. The van der Waals surface area contributed by atoms with E-state index in [1.54, 1.807) is 41.3 Å². The van der Waals surface area contributed by atoms with Gasteiger partial charge in [0.25, 0.3) is 5.91 Å². The molecule has 0 atom stereocenters. The highest BCUT2D eigenvalue weighted by molar-refractivity contribution is 6.30. The number of rotatable bonds is 6. The average molecular weight is 447 g/mol. The van der Waals surface area contributed by atoms with Gasteiger partial charge in [-0.2, -0.15) is 4.98 Å². The maximum Gasteiger partial charge on any atom is 0.260 e. The molecule has 1 fully saturated rings. The Kier molecular flexibility index (Phi) is 6.52. The van der Waals surface area contributed by atoms with Crippen LogP contribution in [0.15, 0.2) is 53.1 Å². The molecule has 156 valence electrons. The molecule has 0 bridgehead atoms. The Balaban J connectivity index is 1.24. The lowest BCUT2D eigenvalue weighted by molar-refractivity contribution is -0.135. The maximum atomic E-state index is 12.4. The van der Waals surface area contributed by atoms with Crippen LogP contribution in [0.3, 0.4) is 0 Å². The molecular weight excluding hydrogens is 427 g/mol. The van der Waals surface area contributed by atoms with E-state index in [1.807, 2.05) is 12.1 Å². The Morgan fingerprint density at radius 3 is 2.27 bits per heavy atom. The van der Waals surface area contributed by atoms with E-state index in [2.05, 4.69) is 15.0 Å². The monoisotopic (exact) mass is 446 g/mol. The van der Waals surface area contributed by atoms with Gasteiger partial charge in [-0.1, -0.05) is 28.4 Å². The fraction of sp³-hybridized carbons (Fsp3) is 0.286. The normalized spacial score (nSPS) is 14.7. The molecule has 3 aromatic rings. The number of hydrogen-bond acceptors (Lipinski definition) is 6. The zero-order valence-corrected chi connectivity index (χ0v) is 17.6. The minimum absolute atomic E-state index is 0.00967. The molecule has 0 radical (unpaired) electrons. The van der Waals surface area contributed by atoms with Crippen molar-refractivity contribution in [2.75, 3.05) is 32.8 Å². The first kappa shape index (κ1) is 20.7. The fourth-order valence-corrected chi connectivity index (χ4v) is 3.40. The van der Waals surface area contributed by atoms with E-state index in [-0.39, 0.29) is 12.5 Å². The maximum absolute atomic E-state index is 12.4. The Labute approximate surface area is 184 Å². The number of ether oxygens (including phenoxy) is 1. The van der Waals surface area contributed by atoms with Gasteiger partial charge in [0.05, 0.1) is 6.54 Å². The first-order valence-corrected chi connectivity index (χ1v) is 10.3. The summed E-state index contributed by atoms with van der Waals surface area (Å²) in [5, 5.41) is 5.33. The highest BCUT2D eigenvalue weighted by Crippen LogP contribution is 2.19. The Bertz CT molecular complexity index is 984. The molecule has 30 heavy (non-hydrogen) atoms. The van der Waals surface area contributed by atoms with Gasteiger partial charge in [-0.15, -0.1) is 0 Å². The summed E-state index contributed by atoms with van der Waals surface area (Å²) in [6.07, 6.45) is 0. The van der Waals surface area contributed by atoms with Crippen molar-refractivity contribution in [1.82, 2.24) is 19.9 Å². The predicted molar refractivity (Wildman–Crippen MR) is 114 cm³/mol. The van der Waals surface area contributed by atoms with Gasteiger partial charge in [0.1, 0.15) is 5.75 Å². The summed E-state index contributed by atoms with van der Waals surface area (Å²) in [5.74, 6) is 1.67. The van der Waals surface area contributed by atoms with Crippen LogP contribution >= 0.6 is 23.2 Å². The number of amides is 1. The molecule has 0 N–H and O–H groups in total. The molecular formula is C21H20Cl2N4O3. The number of carbonyl (C=O) groups excluding carboxylic acids is 1. The number of aromatic nitrogens is 2. The van der Waals surface area contributed by atoms with Gasteiger partial charge in [0.2, 0.25) is 11.7 Å². The molecule has 0 spiro atoms. The van der Waals surface area contributed by atoms with Crippen molar-refractivity contribution in [3.05, 3.63) is 64.5 Å². The number of carbonyl (C=O) groups is 1. The third-order valence-corrected chi connectivity index (χ3v) is 5.33. The van der Waals surface area contributed by atoms with Crippen molar-refractivity contribution in [2.45, 2.75) is 6.54 Å². The third kappa shape index (κ3) is 5.30. The molecule has 1 aromatic heterocycles. The quantitative estimate of drug-likeness (QED) is 0.573. The minimum Gasteiger partial charge on any atom is -0.484 e. The lowest BCUT2D eigenvalue weighted by atomic mass is 10.2. The lowest BCUT2D eigenvalue weighted by Gasteiger charge is -2.33. The first-order valence-electron chi connectivity index (χ1n) is 9.54. The van der Waals surface area contributed by atoms with Gasteiger partial charge in [-0.05, 0) is 48.5 Å². The van der Waals surface area contributed by atoms with Crippen LogP contribution in [-0.4, -0.2) is 58.6 Å². The highest BCUT2D eigenvalue weighted by Gasteiger charge is 2.23. The van der Waals surface area contributed by atoms with Gasteiger partial charge < -0.3 is 14.2 Å². The number of halogens is 2. The molecule has 1 saturated heterocycles. The van der Waals surface area contributed by atoms with Gasteiger partial charge in [0, 0.05) is 41.8 Å². The third-order valence-electron chi connectivity index (χ3n) is 4.83. The van der Waals surface area contributed by atoms with Crippen LogP contribution in [0, 0.1) is 0 Å². The van der Waals surface area contributed by atoms with Gasteiger partial charge >= 0.3 is 0 Å². The van der Waals surface area contributed by atoms with E-state index >= 15 is 0 Å². The van der Waals surface area contributed by atoms with Gasteiger partial charge in [0.15, 0.2) is 6.61 Å². The molecule has 7 nitrogen and oxygen atoms in total. The molecule has 0 saturated carbocycles. The SMILES string of the molecule is O=C(COc1ccc(Cl)cc1)N1CCN(Cc2nc(-c3ccc(Cl)cc3)no2)CC1. The largest absolute Gasteiger partial charge is 0.484 e. The van der Waals surface area contributed by atoms with E-state index in [0.29, 0.717) is 47.1 Å². The fourth-order valence-electron chi connectivity index (χ4n) is 3.15.